The van der Waals surface area contributed by atoms with Crippen molar-refractivity contribution in [3.63, 3.8) is 0 Å². The second-order valence-electron chi connectivity index (χ2n) is 8.28. The molecule has 0 bridgehead atoms. The summed E-state index contributed by atoms with van der Waals surface area (Å²) in [4.78, 5) is 57.8. The number of hydrogen-bond donors (Lipinski definition) is 1. The molecule has 1 N–H and O–H groups in total. The van der Waals surface area contributed by atoms with E-state index in [1.807, 2.05) is 0 Å². The monoisotopic (exact) mass is 460 g/mol. The number of likely N-dealkylation sites (tertiary alicyclic amines) is 1. The number of aromatic nitrogens is 2. The summed E-state index contributed by atoms with van der Waals surface area (Å²) in [6, 6.07) is 0. The Morgan fingerprint density at radius 3 is 2.88 bits per heavy atom. The molecule has 172 valence electrons. The summed E-state index contributed by atoms with van der Waals surface area (Å²) in [6.07, 6.45) is 6.86. The molecule has 3 heterocycles. The van der Waals surface area contributed by atoms with Crippen LogP contribution in [0.1, 0.15) is 43.0 Å². The van der Waals surface area contributed by atoms with Crippen molar-refractivity contribution >= 4 is 39.3 Å². The van der Waals surface area contributed by atoms with E-state index >= 15 is 0 Å². The molecular formula is C22H28N4O5S. The first kappa shape index (κ1) is 22.4. The van der Waals surface area contributed by atoms with Gasteiger partial charge in [0.05, 0.1) is 30.8 Å². The number of nitrogens with one attached hydrogen (secondary N) is 1. The summed E-state index contributed by atoms with van der Waals surface area (Å²) in [7, 11) is 0. The van der Waals surface area contributed by atoms with Crippen molar-refractivity contribution in [1.29, 1.82) is 0 Å². The van der Waals surface area contributed by atoms with Gasteiger partial charge in [-0.3, -0.25) is 23.7 Å². The molecule has 1 atom stereocenters. The van der Waals surface area contributed by atoms with Crippen LogP contribution in [0.5, 0.6) is 0 Å². The van der Waals surface area contributed by atoms with Crippen LogP contribution in [0.3, 0.4) is 0 Å². The third-order valence-corrected chi connectivity index (χ3v) is 7.29. The Morgan fingerprint density at radius 1 is 1.25 bits per heavy atom. The lowest BCUT2D eigenvalue weighted by molar-refractivity contribution is -0.151. The average Bonchev–Trinajstić information content (AvgIpc) is 3.19. The van der Waals surface area contributed by atoms with E-state index in [0.717, 1.165) is 42.5 Å². The summed E-state index contributed by atoms with van der Waals surface area (Å²) in [5, 5.41) is 3.23. The molecule has 0 aromatic carbocycles. The number of esters is 1. The number of thiophene rings is 1. The summed E-state index contributed by atoms with van der Waals surface area (Å²) >= 11 is 1.57. The highest BCUT2D eigenvalue weighted by molar-refractivity contribution is 7.18. The van der Waals surface area contributed by atoms with Gasteiger partial charge in [-0.15, -0.1) is 11.3 Å². The van der Waals surface area contributed by atoms with Crippen LogP contribution in [0, 0.1) is 5.92 Å². The fourth-order valence-electron chi connectivity index (χ4n) is 4.45. The lowest BCUT2D eigenvalue weighted by Gasteiger charge is -2.31. The summed E-state index contributed by atoms with van der Waals surface area (Å²) < 4.78 is 6.37. The molecule has 2 amide bonds. The van der Waals surface area contributed by atoms with Crippen molar-refractivity contribution in [2.24, 2.45) is 5.92 Å². The number of fused-ring (bicyclic) bond motifs is 3. The lowest BCUT2D eigenvalue weighted by atomic mass is 9.97. The Kier molecular flexibility index (Phi) is 6.88. The van der Waals surface area contributed by atoms with Crippen molar-refractivity contribution < 1.29 is 19.1 Å². The summed E-state index contributed by atoms with van der Waals surface area (Å²) in [5.74, 6) is -1.28. The molecule has 1 aliphatic carbocycles. The standard InChI is InChI=1S/C22H28N4O5S/c1-2-31-22(30)14-6-5-9-25(11-14)18(28)10-23-17(27)12-26-13-24-20-19(21(26)29)15-7-3-4-8-16(15)32-20/h13-14H,2-12H2,1H3,(H,23,27). The molecule has 2 aromatic heterocycles. The Morgan fingerprint density at radius 2 is 2.06 bits per heavy atom. The number of hydrogen-bond acceptors (Lipinski definition) is 7. The summed E-state index contributed by atoms with van der Waals surface area (Å²) in [6.45, 7) is 2.56. The largest absolute Gasteiger partial charge is 0.466 e. The Balaban J connectivity index is 1.35. The van der Waals surface area contributed by atoms with Crippen LogP contribution in [-0.2, 0) is 38.5 Å². The first-order valence-electron chi connectivity index (χ1n) is 11.2. The van der Waals surface area contributed by atoms with E-state index in [1.54, 1.807) is 23.2 Å². The van der Waals surface area contributed by atoms with Gasteiger partial charge in [0.15, 0.2) is 0 Å². The third-order valence-electron chi connectivity index (χ3n) is 6.09. The highest BCUT2D eigenvalue weighted by atomic mass is 32.1. The van der Waals surface area contributed by atoms with E-state index < -0.39 is 5.91 Å². The van der Waals surface area contributed by atoms with Crippen LogP contribution in [0.15, 0.2) is 11.1 Å². The van der Waals surface area contributed by atoms with Crippen LogP contribution in [-0.4, -0.2) is 58.5 Å². The maximum absolute atomic E-state index is 13.0. The fraction of sp³-hybridized carbons (Fsp3) is 0.591. The van der Waals surface area contributed by atoms with Gasteiger partial charge in [-0.1, -0.05) is 0 Å². The van der Waals surface area contributed by atoms with E-state index in [9.17, 15) is 19.2 Å². The van der Waals surface area contributed by atoms with Gasteiger partial charge in [-0.05, 0) is 51.0 Å². The topological polar surface area (TPSA) is 111 Å². The number of ether oxygens (including phenoxy) is 1. The molecule has 0 radical (unpaired) electrons. The lowest BCUT2D eigenvalue weighted by Crippen LogP contribution is -2.47. The van der Waals surface area contributed by atoms with Gasteiger partial charge in [0.1, 0.15) is 11.4 Å². The van der Waals surface area contributed by atoms with Gasteiger partial charge < -0.3 is 15.0 Å². The predicted molar refractivity (Wildman–Crippen MR) is 119 cm³/mol. The van der Waals surface area contributed by atoms with Gasteiger partial charge in [-0.2, -0.15) is 0 Å². The molecule has 1 saturated heterocycles. The molecule has 32 heavy (non-hydrogen) atoms. The van der Waals surface area contributed by atoms with Crippen molar-refractivity contribution in [2.45, 2.75) is 52.0 Å². The first-order valence-corrected chi connectivity index (χ1v) is 12.0. The minimum absolute atomic E-state index is 0.174. The van der Waals surface area contributed by atoms with Gasteiger partial charge in [-0.25, -0.2) is 4.98 Å². The van der Waals surface area contributed by atoms with Gasteiger partial charge >= 0.3 is 5.97 Å². The average molecular weight is 461 g/mol. The number of nitrogens with zero attached hydrogens (tertiary/aromatic N) is 3. The maximum Gasteiger partial charge on any atom is 0.310 e. The van der Waals surface area contributed by atoms with Crippen molar-refractivity contribution in [2.75, 3.05) is 26.2 Å². The Bertz CT molecular complexity index is 1090. The molecule has 2 aromatic rings. The van der Waals surface area contributed by atoms with Crippen molar-refractivity contribution in [3.8, 4) is 0 Å². The molecule has 1 fully saturated rings. The number of aryl methyl sites for hydroxylation is 2. The van der Waals surface area contributed by atoms with E-state index in [4.69, 9.17) is 4.74 Å². The molecule has 10 heteroatoms. The number of carbonyl (C=O) groups is 3. The van der Waals surface area contributed by atoms with Gasteiger partial charge in [0.25, 0.3) is 5.56 Å². The van der Waals surface area contributed by atoms with Crippen LogP contribution >= 0.6 is 11.3 Å². The highest BCUT2D eigenvalue weighted by Gasteiger charge is 2.29. The van der Waals surface area contributed by atoms with E-state index in [0.29, 0.717) is 31.5 Å². The number of carbonyl (C=O) groups excluding carboxylic acids is 3. The molecule has 2 aliphatic rings. The summed E-state index contributed by atoms with van der Waals surface area (Å²) in [5.41, 5.74) is 0.879. The second kappa shape index (κ2) is 9.81. The number of amides is 2. The maximum atomic E-state index is 13.0. The van der Waals surface area contributed by atoms with Crippen molar-refractivity contribution in [1.82, 2.24) is 19.8 Å². The SMILES string of the molecule is CCOC(=O)C1CCCN(C(=O)CNC(=O)Cn2cnc3sc4c(c3c2=O)CCCC4)C1. The molecule has 1 unspecified atom stereocenters. The molecule has 0 spiro atoms. The Labute approximate surface area is 189 Å². The Hall–Kier alpha value is -2.75. The second-order valence-corrected chi connectivity index (χ2v) is 9.36. The molecule has 4 rings (SSSR count). The molecule has 9 nitrogen and oxygen atoms in total. The van der Waals surface area contributed by atoms with Crippen LogP contribution < -0.4 is 10.9 Å². The molecule has 0 saturated carbocycles. The third kappa shape index (κ3) is 4.69. The zero-order valence-corrected chi connectivity index (χ0v) is 19.0. The molecular weight excluding hydrogens is 432 g/mol. The van der Waals surface area contributed by atoms with E-state index in [2.05, 4.69) is 10.3 Å². The minimum atomic E-state index is -0.426. The quantitative estimate of drug-likeness (QED) is 0.650. The van der Waals surface area contributed by atoms with Crippen LogP contribution in [0.25, 0.3) is 10.2 Å². The van der Waals surface area contributed by atoms with Crippen LogP contribution in [0.2, 0.25) is 0 Å². The fourth-order valence-corrected chi connectivity index (χ4v) is 5.67. The zero-order valence-electron chi connectivity index (χ0n) is 18.2. The normalized spacial score (nSPS) is 18.3. The van der Waals surface area contributed by atoms with Crippen LogP contribution in [0.4, 0.5) is 0 Å². The van der Waals surface area contributed by atoms with E-state index in [1.165, 1.54) is 15.8 Å². The van der Waals surface area contributed by atoms with Gasteiger partial charge in [0.2, 0.25) is 11.8 Å². The smallest absolute Gasteiger partial charge is 0.310 e. The highest BCUT2D eigenvalue weighted by Crippen LogP contribution is 2.33. The predicted octanol–water partition coefficient (Wildman–Crippen LogP) is 1.25. The van der Waals surface area contributed by atoms with Crippen molar-refractivity contribution in [3.05, 3.63) is 27.1 Å². The first-order chi connectivity index (χ1) is 15.5. The van der Waals surface area contributed by atoms with Gasteiger partial charge in [0, 0.05) is 18.0 Å². The number of rotatable bonds is 6. The number of piperidine rings is 1. The van der Waals surface area contributed by atoms with E-state index in [-0.39, 0.29) is 36.4 Å². The molecule has 1 aliphatic heterocycles. The zero-order chi connectivity index (χ0) is 22.7. The minimum Gasteiger partial charge on any atom is -0.466 e.